The number of rotatable bonds is 4. The van der Waals surface area contributed by atoms with Crippen LogP contribution >= 0.6 is 0 Å². The number of carbonyl (C=O) groups is 1. The van der Waals surface area contributed by atoms with E-state index in [2.05, 4.69) is 25.5 Å². The summed E-state index contributed by atoms with van der Waals surface area (Å²) in [5.41, 5.74) is 4.37. The van der Waals surface area contributed by atoms with E-state index >= 15 is 0 Å². The van der Waals surface area contributed by atoms with Crippen molar-refractivity contribution in [1.29, 1.82) is 0 Å². The number of fused-ring (bicyclic) bond motifs is 1. The highest BCUT2D eigenvalue weighted by atomic mass is 16.1. The van der Waals surface area contributed by atoms with Crippen LogP contribution in [-0.4, -0.2) is 37.0 Å². The molecule has 1 amide bonds. The van der Waals surface area contributed by atoms with Gasteiger partial charge in [0, 0.05) is 24.6 Å². The lowest BCUT2D eigenvalue weighted by atomic mass is 10.1. The number of nitrogens with zero attached hydrogens (tertiary/aromatic N) is 4. The zero-order valence-electron chi connectivity index (χ0n) is 12.8. The van der Waals surface area contributed by atoms with Crippen LogP contribution < -0.4 is 5.32 Å². The van der Waals surface area contributed by atoms with E-state index in [0.29, 0.717) is 23.7 Å². The minimum absolute atomic E-state index is 0.142. The average molecular weight is 298 g/mol. The van der Waals surface area contributed by atoms with E-state index in [1.54, 1.807) is 22.9 Å². The van der Waals surface area contributed by atoms with E-state index < -0.39 is 0 Å². The lowest BCUT2D eigenvalue weighted by Gasteiger charge is -2.06. The zero-order chi connectivity index (χ0) is 15.7. The van der Waals surface area contributed by atoms with Crippen molar-refractivity contribution in [2.45, 2.75) is 27.2 Å². The molecule has 0 aliphatic heterocycles. The number of nitrogens with one attached hydrogen (secondary N) is 2. The lowest BCUT2D eigenvalue weighted by molar-refractivity contribution is 0.0947. The molecule has 0 atom stereocenters. The first-order chi connectivity index (χ1) is 10.6. The predicted molar refractivity (Wildman–Crippen MR) is 81.8 cm³/mol. The second kappa shape index (κ2) is 5.59. The molecule has 0 aromatic carbocycles. The van der Waals surface area contributed by atoms with E-state index in [4.69, 9.17) is 0 Å². The van der Waals surface area contributed by atoms with Gasteiger partial charge in [0.2, 0.25) is 5.78 Å². The van der Waals surface area contributed by atoms with Gasteiger partial charge in [-0.05, 0) is 38.8 Å². The molecule has 3 aromatic heterocycles. The molecule has 0 unspecified atom stereocenters. The highest BCUT2D eigenvalue weighted by Gasteiger charge is 2.16. The molecule has 7 nitrogen and oxygen atoms in total. The number of hydrogen-bond acceptors (Lipinski definition) is 4. The largest absolute Gasteiger partial charge is 0.350 e. The summed E-state index contributed by atoms with van der Waals surface area (Å²) < 4.78 is 1.71. The summed E-state index contributed by atoms with van der Waals surface area (Å²) in [6.45, 7) is 6.30. The molecule has 2 N–H and O–H groups in total. The number of aromatic nitrogens is 5. The Morgan fingerprint density at radius 3 is 2.86 bits per heavy atom. The number of aromatic amines is 1. The number of aryl methyl sites for hydroxylation is 3. The van der Waals surface area contributed by atoms with Gasteiger partial charge in [-0.2, -0.15) is 5.10 Å². The van der Waals surface area contributed by atoms with Crippen LogP contribution in [0, 0.1) is 20.8 Å². The van der Waals surface area contributed by atoms with Gasteiger partial charge in [0.25, 0.3) is 5.91 Å². The molecule has 0 bridgehead atoms. The SMILES string of the molecule is Cc1n[nH]c(C)c1CCNC(=O)c1c(C)nc2ncccn12. The van der Waals surface area contributed by atoms with Crippen LogP contribution in [0.5, 0.6) is 0 Å². The molecule has 114 valence electrons. The third-order valence-corrected chi connectivity index (χ3v) is 3.73. The fourth-order valence-corrected chi connectivity index (χ4v) is 2.60. The summed E-state index contributed by atoms with van der Waals surface area (Å²) in [5.74, 6) is 0.392. The van der Waals surface area contributed by atoms with E-state index in [-0.39, 0.29) is 5.91 Å². The summed E-state index contributed by atoms with van der Waals surface area (Å²) in [6, 6.07) is 1.78. The van der Waals surface area contributed by atoms with Crippen molar-refractivity contribution in [3.63, 3.8) is 0 Å². The minimum atomic E-state index is -0.142. The van der Waals surface area contributed by atoms with E-state index in [0.717, 1.165) is 23.4 Å². The first kappa shape index (κ1) is 14.2. The van der Waals surface area contributed by atoms with E-state index in [1.165, 1.54) is 0 Å². The van der Waals surface area contributed by atoms with E-state index in [1.807, 2.05) is 20.8 Å². The molecule has 0 spiro atoms. The third-order valence-electron chi connectivity index (χ3n) is 3.73. The van der Waals surface area contributed by atoms with Crippen molar-refractivity contribution in [2.24, 2.45) is 0 Å². The number of hydrogen-bond donors (Lipinski definition) is 2. The molecule has 3 aromatic rings. The van der Waals surface area contributed by atoms with Crippen LogP contribution in [0.15, 0.2) is 18.5 Å². The standard InChI is InChI=1S/C15H18N6O/c1-9-12(10(2)20-19-9)5-7-16-14(22)13-11(3)18-15-17-6-4-8-21(13)15/h4,6,8H,5,7H2,1-3H3,(H,16,22)(H,19,20). The van der Waals surface area contributed by atoms with Gasteiger partial charge in [-0.1, -0.05) is 0 Å². The van der Waals surface area contributed by atoms with Gasteiger partial charge in [0.05, 0.1) is 11.4 Å². The van der Waals surface area contributed by atoms with Crippen LogP contribution in [0.3, 0.4) is 0 Å². The minimum Gasteiger partial charge on any atom is -0.350 e. The second-order valence-electron chi connectivity index (χ2n) is 5.25. The van der Waals surface area contributed by atoms with Crippen molar-refractivity contribution in [3.05, 3.63) is 46.8 Å². The Kier molecular flexibility index (Phi) is 3.62. The number of imidazole rings is 1. The zero-order valence-corrected chi connectivity index (χ0v) is 12.8. The van der Waals surface area contributed by atoms with Gasteiger partial charge in [-0.15, -0.1) is 0 Å². The molecular formula is C15H18N6O. The van der Waals surface area contributed by atoms with Gasteiger partial charge < -0.3 is 5.32 Å². The molecule has 0 saturated heterocycles. The Labute approximate surface area is 127 Å². The summed E-state index contributed by atoms with van der Waals surface area (Å²) in [7, 11) is 0. The Morgan fingerprint density at radius 1 is 1.32 bits per heavy atom. The Bertz CT molecular complexity index is 812. The van der Waals surface area contributed by atoms with Crippen LogP contribution in [0.4, 0.5) is 0 Å². The molecule has 3 heterocycles. The van der Waals surface area contributed by atoms with Gasteiger partial charge in [0.15, 0.2) is 0 Å². The molecule has 0 fully saturated rings. The summed E-state index contributed by atoms with van der Waals surface area (Å²) in [4.78, 5) is 20.9. The number of H-pyrrole nitrogens is 1. The molecule has 3 rings (SSSR count). The summed E-state index contributed by atoms with van der Waals surface area (Å²) in [6.07, 6.45) is 4.20. The normalized spacial score (nSPS) is 11.0. The summed E-state index contributed by atoms with van der Waals surface area (Å²) >= 11 is 0. The molecule has 0 aliphatic rings. The molecular weight excluding hydrogens is 280 g/mol. The van der Waals surface area contributed by atoms with Gasteiger partial charge in [0.1, 0.15) is 5.69 Å². The Hall–Kier alpha value is -2.70. The first-order valence-corrected chi connectivity index (χ1v) is 7.16. The quantitative estimate of drug-likeness (QED) is 0.761. The molecule has 0 saturated carbocycles. The predicted octanol–water partition coefficient (Wildman–Crippen LogP) is 1.35. The first-order valence-electron chi connectivity index (χ1n) is 7.16. The average Bonchev–Trinajstić information content (AvgIpc) is 2.99. The highest BCUT2D eigenvalue weighted by molar-refractivity contribution is 5.94. The lowest BCUT2D eigenvalue weighted by Crippen LogP contribution is -2.27. The van der Waals surface area contributed by atoms with E-state index in [9.17, 15) is 4.79 Å². The number of amides is 1. The maximum Gasteiger partial charge on any atom is 0.270 e. The van der Waals surface area contributed by atoms with Crippen molar-refractivity contribution in [2.75, 3.05) is 6.54 Å². The van der Waals surface area contributed by atoms with Gasteiger partial charge in [-0.25, -0.2) is 9.97 Å². The second-order valence-corrected chi connectivity index (χ2v) is 5.25. The smallest absolute Gasteiger partial charge is 0.270 e. The molecule has 0 radical (unpaired) electrons. The van der Waals surface area contributed by atoms with Crippen molar-refractivity contribution in [1.82, 2.24) is 29.9 Å². The summed E-state index contributed by atoms with van der Waals surface area (Å²) in [5, 5.41) is 10.1. The maximum atomic E-state index is 12.4. The maximum absolute atomic E-state index is 12.4. The topological polar surface area (TPSA) is 88.0 Å². The van der Waals surface area contributed by atoms with Crippen molar-refractivity contribution < 1.29 is 4.79 Å². The van der Waals surface area contributed by atoms with Crippen LogP contribution in [0.2, 0.25) is 0 Å². The Balaban J connectivity index is 1.73. The fourth-order valence-electron chi connectivity index (χ4n) is 2.60. The van der Waals surface area contributed by atoms with Crippen molar-refractivity contribution >= 4 is 11.7 Å². The molecule has 22 heavy (non-hydrogen) atoms. The fraction of sp³-hybridized carbons (Fsp3) is 0.333. The van der Waals surface area contributed by atoms with Crippen LogP contribution in [0.1, 0.15) is 33.1 Å². The highest BCUT2D eigenvalue weighted by Crippen LogP contribution is 2.11. The number of carbonyl (C=O) groups excluding carboxylic acids is 1. The monoisotopic (exact) mass is 298 g/mol. The van der Waals surface area contributed by atoms with Gasteiger partial charge in [-0.3, -0.25) is 14.3 Å². The van der Waals surface area contributed by atoms with Crippen LogP contribution in [-0.2, 0) is 6.42 Å². The Morgan fingerprint density at radius 2 is 2.14 bits per heavy atom. The molecule has 7 heteroatoms. The van der Waals surface area contributed by atoms with Crippen LogP contribution in [0.25, 0.3) is 5.78 Å². The van der Waals surface area contributed by atoms with Crippen molar-refractivity contribution in [3.8, 4) is 0 Å². The van der Waals surface area contributed by atoms with Gasteiger partial charge >= 0.3 is 0 Å². The molecule has 0 aliphatic carbocycles. The third kappa shape index (κ3) is 2.45.